The zero-order chi connectivity index (χ0) is 20.7. The second kappa shape index (κ2) is 7.47. The smallest absolute Gasteiger partial charge is 0.356 e. The molecular formula is C16H8Cl3F3N2O3S. The zero-order valence-corrected chi connectivity index (χ0v) is 16.5. The molecule has 0 saturated heterocycles. The van der Waals surface area contributed by atoms with Gasteiger partial charge in [0.25, 0.3) is 0 Å². The fourth-order valence-corrected chi connectivity index (χ4v) is 3.50. The molecule has 0 radical (unpaired) electrons. The van der Waals surface area contributed by atoms with Gasteiger partial charge in [-0.2, -0.15) is 21.6 Å². The minimum Gasteiger partial charge on any atom is -0.356 e. The number of aromatic nitrogens is 1. The summed E-state index contributed by atoms with van der Waals surface area (Å²) in [5.74, 6) is 0.196. The number of alkyl halides is 3. The second-order valence-corrected chi connectivity index (χ2v) is 8.40. The van der Waals surface area contributed by atoms with Gasteiger partial charge in [-0.15, -0.1) is 0 Å². The maximum atomic E-state index is 12.7. The van der Waals surface area contributed by atoms with Gasteiger partial charge in [-0.3, -0.25) is 4.72 Å². The lowest BCUT2D eigenvalue weighted by molar-refractivity contribution is -0.0429. The molecule has 12 heteroatoms. The topological polar surface area (TPSA) is 72.2 Å². The highest BCUT2D eigenvalue weighted by Crippen LogP contribution is 2.37. The van der Waals surface area contributed by atoms with Crippen LogP contribution in [0.3, 0.4) is 0 Å². The first-order chi connectivity index (χ1) is 13.0. The lowest BCUT2D eigenvalue weighted by Gasteiger charge is -2.13. The molecule has 2 aromatic carbocycles. The van der Waals surface area contributed by atoms with Crippen LogP contribution in [-0.4, -0.2) is 19.1 Å². The van der Waals surface area contributed by atoms with Crippen LogP contribution in [0.4, 0.5) is 18.9 Å². The van der Waals surface area contributed by atoms with Crippen molar-refractivity contribution < 1.29 is 26.1 Å². The zero-order valence-electron chi connectivity index (χ0n) is 13.4. The van der Waals surface area contributed by atoms with E-state index in [1.807, 2.05) is 0 Å². The molecule has 0 fully saturated rings. The van der Waals surface area contributed by atoms with Crippen molar-refractivity contribution in [2.75, 3.05) is 4.72 Å². The molecule has 0 amide bonds. The van der Waals surface area contributed by atoms with Crippen LogP contribution in [0.15, 0.2) is 47.0 Å². The van der Waals surface area contributed by atoms with E-state index < -0.39 is 15.5 Å². The van der Waals surface area contributed by atoms with Crippen molar-refractivity contribution in [3.05, 3.63) is 57.5 Å². The summed E-state index contributed by atoms with van der Waals surface area (Å²) in [7, 11) is -5.64. The molecule has 148 valence electrons. The van der Waals surface area contributed by atoms with Gasteiger partial charge < -0.3 is 4.52 Å². The van der Waals surface area contributed by atoms with E-state index in [1.165, 1.54) is 29.0 Å². The van der Waals surface area contributed by atoms with E-state index in [2.05, 4.69) is 5.16 Å². The first-order valence-corrected chi connectivity index (χ1v) is 9.91. The number of rotatable bonds is 4. The highest BCUT2D eigenvalue weighted by atomic mass is 35.5. The summed E-state index contributed by atoms with van der Waals surface area (Å²) in [5.41, 5.74) is -5.40. The average molecular weight is 472 g/mol. The molecule has 1 aromatic heterocycles. The molecule has 1 N–H and O–H groups in total. The molecule has 3 rings (SSSR count). The van der Waals surface area contributed by atoms with Crippen LogP contribution < -0.4 is 4.72 Å². The Balaban J connectivity index is 2.05. The van der Waals surface area contributed by atoms with Crippen molar-refractivity contribution in [2.24, 2.45) is 0 Å². The molecule has 0 saturated carbocycles. The van der Waals surface area contributed by atoms with Crippen LogP contribution >= 0.6 is 34.8 Å². The summed E-state index contributed by atoms with van der Waals surface area (Å²) < 4.78 is 67.7. The Labute approximate surface area is 172 Å². The van der Waals surface area contributed by atoms with Crippen LogP contribution in [0.2, 0.25) is 15.1 Å². The molecule has 28 heavy (non-hydrogen) atoms. The summed E-state index contributed by atoms with van der Waals surface area (Å²) in [6.45, 7) is 0. The Hall–Kier alpha value is -1.94. The fourth-order valence-electron chi connectivity index (χ4n) is 2.24. The number of benzene rings is 2. The van der Waals surface area contributed by atoms with E-state index >= 15 is 0 Å². The third kappa shape index (κ3) is 4.22. The van der Waals surface area contributed by atoms with Crippen LogP contribution in [0.25, 0.3) is 22.6 Å². The average Bonchev–Trinajstić information content (AvgIpc) is 3.04. The number of nitrogens with one attached hydrogen (secondary N) is 1. The van der Waals surface area contributed by atoms with Crippen molar-refractivity contribution in [1.82, 2.24) is 5.16 Å². The SMILES string of the molecule is O=S(=O)(Nc1ccc(Cl)cc1-c1cc(-c2ccc(Cl)cc2Cl)on1)C(F)(F)F. The summed E-state index contributed by atoms with van der Waals surface area (Å²) in [4.78, 5) is 0. The first-order valence-electron chi connectivity index (χ1n) is 7.29. The van der Waals surface area contributed by atoms with Gasteiger partial charge in [-0.05, 0) is 36.4 Å². The van der Waals surface area contributed by atoms with Crippen molar-refractivity contribution in [3.8, 4) is 22.6 Å². The third-order valence-corrected chi connectivity index (χ3v) is 5.39. The van der Waals surface area contributed by atoms with Crippen molar-refractivity contribution in [3.63, 3.8) is 0 Å². The van der Waals surface area contributed by atoms with E-state index in [0.29, 0.717) is 10.6 Å². The number of halogens is 6. The molecule has 1 heterocycles. The molecule has 5 nitrogen and oxygen atoms in total. The van der Waals surface area contributed by atoms with Gasteiger partial charge in [0, 0.05) is 27.2 Å². The number of hydrogen-bond donors (Lipinski definition) is 1. The largest absolute Gasteiger partial charge is 0.516 e. The molecule has 3 aromatic rings. The molecule has 0 unspecified atom stereocenters. The van der Waals surface area contributed by atoms with Crippen LogP contribution in [-0.2, 0) is 10.0 Å². The third-order valence-electron chi connectivity index (χ3n) is 3.51. The normalized spacial score (nSPS) is 12.2. The quantitative estimate of drug-likeness (QED) is 0.489. The maximum absolute atomic E-state index is 12.7. The monoisotopic (exact) mass is 470 g/mol. The summed E-state index contributed by atoms with van der Waals surface area (Å²) in [5, 5.41) is 4.59. The second-order valence-electron chi connectivity index (χ2n) is 5.44. The van der Waals surface area contributed by atoms with Gasteiger partial charge in [0.1, 0.15) is 5.69 Å². The lowest BCUT2D eigenvalue weighted by atomic mass is 10.1. The minimum absolute atomic E-state index is 0.0135. The summed E-state index contributed by atoms with van der Waals surface area (Å²) >= 11 is 17.8. The van der Waals surface area contributed by atoms with Crippen molar-refractivity contribution in [2.45, 2.75) is 5.51 Å². The molecule has 0 aliphatic heterocycles. The van der Waals surface area contributed by atoms with E-state index in [1.54, 1.807) is 12.1 Å². The highest BCUT2D eigenvalue weighted by Gasteiger charge is 2.46. The van der Waals surface area contributed by atoms with Gasteiger partial charge in [0.2, 0.25) is 0 Å². The number of hydrogen-bond acceptors (Lipinski definition) is 4. The summed E-state index contributed by atoms with van der Waals surface area (Å²) in [6, 6.07) is 9.56. The van der Waals surface area contributed by atoms with E-state index in [4.69, 9.17) is 39.3 Å². The highest BCUT2D eigenvalue weighted by molar-refractivity contribution is 7.93. The molecule has 0 bridgehead atoms. The van der Waals surface area contributed by atoms with Crippen molar-refractivity contribution >= 4 is 50.5 Å². The number of nitrogens with zero attached hydrogens (tertiary/aromatic N) is 1. The summed E-state index contributed by atoms with van der Waals surface area (Å²) in [6.07, 6.45) is 0. The van der Waals surface area contributed by atoms with Gasteiger partial charge in [-0.25, -0.2) is 0 Å². The van der Waals surface area contributed by atoms with E-state index in [-0.39, 0.29) is 32.8 Å². The molecule has 0 spiro atoms. The Bertz CT molecular complexity index is 1150. The van der Waals surface area contributed by atoms with Crippen LogP contribution in [0.5, 0.6) is 0 Å². The van der Waals surface area contributed by atoms with Gasteiger partial charge in [-0.1, -0.05) is 40.0 Å². The predicted molar refractivity (Wildman–Crippen MR) is 101 cm³/mol. The predicted octanol–water partition coefficient (Wildman–Crippen LogP) is 6.23. The standard InChI is InChI=1S/C16H8Cl3F3N2O3S/c17-8-2-4-13(24-28(25,26)16(20,21)22)11(5-8)14-7-15(27-23-14)10-3-1-9(18)6-12(10)19/h1-7,24H. The van der Waals surface area contributed by atoms with Crippen LogP contribution in [0.1, 0.15) is 0 Å². The minimum atomic E-state index is -5.64. The van der Waals surface area contributed by atoms with Gasteiger partial charge >= 0.3 is 15.5 Å². The maximum Gasteiger partial charge on any atom is 0.516 e. The number of anilines is 1. The van der Waals surface area contributed by atoms with Gasteiger partial charge in [0.15, 0.2) is 5.76 Å². The Morgan fingerprint density at radius 2 is 1.57 bits per heavy atom. The van der Waals surface area contributed by atoms with E-state index in [9.17, 15) is 21.6 Å². The molecule has 0 atom stereocenters. The lowest BCUT2D eigenvalue weighted by Crippen LogP contribution is -2.30. The first kappa shape index (κ1) is 20.8. The molecular weight excluding hydrogens is 464 g/mol. The Morgan fingerprint density at radius 1 is 0.929 bits per heavy atom. The van der Waals surface area contributed by atoms with Crippen molar-refractivity contribution in [1.29, 1.82) is 0 Å². The Morgan fingerprint density at radius 3 is 2.21 bits per heavy atom. The van der Waals surface area contributed by atoms with E-state index in [0.717, 1.165) is 6.07 Å². The van der Waals surface area contributed by atoms with Gasteiger partial charge in [0.05, 0.1) is 10.7 Å². The molecule has 0 aliphatic rings. The number of sulfonamides is 1. The molecule has 0 aliphatic carbocycles. The fraction of sp³-hybridized carbons (Fsp3) is 0.0625. The Kier molecular flexibility index (Phi) is 5.55. The van der Waals surface area contributed by atoms with Crippen LogP contribution in [0, 0.1) is 0 Å².